The number of halogens is 4. The number of fused-ring (bicyclic) bond motifs is 2. The average Bonchev–Trinajstić information content (AvgIpc) is 3.31. The molecule has 0 radical (unpaired) electrons. The van der Waals surface area contributed by atoms with E-state index in [1.165, 1.54) is 35.2 Å². The van der Waals surface area contributed by atoms with Crippen LogP contribution in [0.25, 0.3) is 11.0 Å². The first-order chi connectivity index (χ1) is 17.1. The molecule has 0 saturated heterocycles. The van der Waals surface area contributed by atoms with Gasteiger partial charge in [0.05, 0.1) is 24.2 Å². The molecule has 36 heavy (non-hydrogen) atoms. The number of nitrogens with zero attached hydrogens (tertiary/aromatic N) is 1. The van der Waals surface area contributed by atoms with Crippen LogP contribution in [0, 0.1) is 15.2 Å². The number of hydrogen-bond donors (Lipinski definition) is 1. The van der Waals surface area contributed by atoms with Crippen LogP contribution in [0.2, 0.25) is 5.02 Å². The second kappa shape index (κ2) is 9.15. The van der Waals surface area contributed by atoms with Gasteiger partial charge in [0.15, 0.2) is 0 Å². The van der Waals surface area contributed by atoms with Crippen LogP contribution in [0.5, 0.6) is 0 Å². The minimum atomic E-state index is -0.859. The molecule has 1 aromatic heterocycles. The van der Waals surface area contributed by atoms with Crippen molar-refractivity contribution >= 4 is 62.7 Å². The lowest BCUT2D eigenvalue weighted by Crippen LogP contribution is -2.36. The molecule has 0 aliphatic carbocycles. The van der Waals surface area contributed by atoms with Gasteiger partial charge in [-0.2, -0.15) is 0 Å². The third-order valence-electron chi connectivity index (χ3n) is 6.36. The van der Waals surface area contributed by atoms with Gasteiger partial charge < -0.3 is 14.6 Å². The summed E-state index contributed by atoms with van der Waals surface area (Å²) in [6.45, 7) is 3.66. The Bertz CT molecular complexity index is 1530. The molecule has 0 saturated carbocycles. The molecule has 1 N–H and O–H groups in total. The topological polar surface area (TPSA) is 62.6 Å². The highest BCUT2D eigenvalue weighted by molar-refractivity contribution is 14.1. The van der Waals surface area contributed by atoms with Crippen molar-refractivity contribution < 1.29 is 22.8 Å². The van der Waals surface area contributed by atoms with Crippen LogP contribution in [0.3, 0.4) is 0 Å². The van der Waals surface area contributed by atoms with Gasteiger partial charge in [0.1, 0.15) is 23.0 Å². The molecule has 184 valence electrons. The number of hydrogen-bond acceptors (Lipinski definition) is 3. The number of furan rings is 1. The van der Waals surface area contributed by atoms with Crippen LogP contribution >= 0.6 is 34.2 Å². The van der Waals surface area contributed by atoms with Crippen molar-refractivity contribution in [3.8, 4) is 0 Å². The van der Waals surface area contributed by atoms with Crippen molar-refractivity contribution in [3.05, 3.63) is 97.3 Å². The molecule has 0 bridgehead atoms. The van der Waals surface area contributed by atoms with Crippen LogP contribution in [-0.4, -0.2) is 11.8 Å². The molecule has 5 nitrogen and oxygen atoms in total. The lowest BCUT2D eigenvalue weighted by atomic mass is 9.86. The molecule has 1 aliphatic rings. The molecule has 3 aromatic carbocycles. The number of carbonyl (C=O) groups excluding carboxylic acids is 2. The van der Waals surface area contributed by atoms with Crippen molar-refractivity contribution in [2.75, 3.05) is 4.90 Å². The Morgan fingerprint density at radius 3 is 2.67 bits per heavy atom. The molecule has 2 heterocycles. The highest BCUT2D eigenvalue weighted by Gasteiger charge is 2.46. The van der Waals surface area contributed by atoms with Crippen molar-refractivity contribution in [2.24, 2.45) is 0 Å². The van der Waals surface area contributed by atoms with E-state index in [0.717, 1.165) is 9.13 Å². The largest absolute Gasteiger partial charge is 0.459 e. The second-order valence-electron chi connectivity index (χ2n) is 9.15. The standard InChI is InChI=1S/C27H20ClF2IN2O3/c1-27(2)24-21(31)10-15(25(34)32-12-17-9-14-8-16(29)6-7-23(14)36-17)11-22(24)33(26(27)35)13-18-19(28)4-3-5-20(18)30/h3-11H,12-13H2,1-2H3,(H,32,34). The normalized spacial score (nSPS) is 14.4. The summed E-state index contributed by atoms with van der Waals surface area (Å²) in [5, 5.41) is 3.64. The SMILES string of the molecule is CC1(C)C(=O)N(Cc2c(F)cccc2Cl)c2cc(C(=O)NCc3cc4cc(F)ccc4o3)cc(I)c21. The minimum Gasteiger partial charge on any atom is -0.459 e. The molecule has 5 rings (SSSR count). The Morgan fingerprint density at radius 2 is 1.92 bits per heavy atom. The number of anilines is 1. The summed E-state index contributed by atoms with van der Waals surface area (Å²) in [5.41, 5.74) is 1.54. The van der Waals surface area contributed by atoms with E-state index in [0.29, 0.717) is 28.0 Å². The Balaban J connectivity index is 1.44. The van der Waals surface area contributed by atoms with E-state index >= 15 is 0 Å². The van der Waals surface area contributed by atoms with Crippen LogP contribution in [0.1, 0.15) is 41.1 Å². The molecule has 2 amide bonds. The van der Waals surface area contributed by atoms with Gasteiger partial charge in [-0.15, -0.1) is 0 Å². The average molecular weight is 621 g/mol. The van der Waals surface area contributed by atoms with E-state index in [2.05, 4.69) is 27.9 Å². The predicted molar refractivity (Wildman–Crippen MR) is 142 cm³/mol. The maximum Gasteiger partial charge on any atom is 0.251 e. The van der Waals surface area contributed by atoms with Gasteiger partial charge in [0.25, 0.3) is 5.91 Å². The summed E-state index contributed by atoms with van der Waals surface area (Å²) < 4.78 is 34.4. The lowest BCUT2D eigenvalue weighted by molar-refractivity contribution is -0.122. The van der Waals surface area contributed by atoms with E-state index in [1.807, 2.05) is 13.8 Å². The van der Waals surface area contributed by atoms with Crippen molar-refractivity contribution in [1.29, 1.82) is 0 Å². The fourth-order valence-electron chi connectivity index (χ4n) is 4.53. The fraction of sp³-hybridized carbons (Fsp3) is 0.185. The summed E-state index contributed by atoms with van der Waals surface area (Å²) in [6.07, 6.45) is 0. The van der Waals surface area contributed by atoms with Gasteiger partial charge in [0.2, 0.25) is 5.91 Å². The summed E-state index contributed by atoms with van der Waals surface area (Å²) in [7, 11) is 0. The van der Waals surface area contributed by atoms with Gasteiger partial charge >= 0.3 is 0 Å². The predicted octanol–water partition coefficient (Wildman–Crippen LogP) is 6.72. The second-order valence-corrected chi connectivity index (χ2v) is 10.7. The van der Waals surface area contributed by atoms with E-state index in [1.54, 1.807) is 24.3 Å². The Kier molecular flexibility index (Phi) is 6.28. The van der Waals surface area contributed by atoms with E-state index in [4.69, 9.17) is 16.0 Å². The fourth-order valence-corrected chi connectivity index (χ4v) is 6.04. The maximum absolute atomic E-state index is 14.5. The molecular weight excluding hydrogens is 601 g/mol. The van der Waals surface area contributed by atoms with E-state index < -0.39 is 11.2 Å². The van der Waals surface area contributed by atoms with Crippen LogP contribution < -0.4 is 10.2 Å². The van der Waals surface area contributed by atoms with Crippen molar-refractivity contribution in [2.45, 2.75) is 32.4 Å². The van der Waals surface area contributed by atoms with Gasteiger partial charge in [-0.25, -0.2) is 8.78 Å². The number of amides is 2. The molecule has 9 heteroatoms. The summed E-state index contributed by atoms with van der Waals surface area (Å²) in [5.74, 6) is -0.974. The smallest absolute Gasteiger partial charge is 0.251 e. The number of carbonyl (C=O) groups is 2. The zero-order valence-corrected chi connectivity index (χ0v) is 22.2. The Morgan fingerprint density at radius 1 is 1.14 bits per heavy atom. The van der Waals surface area contributed by atoms with Gasteiger partial charge in [-0.3, -0.25) is 9.59 Å². The number of benzene rings is 3. The highest BCUT2D eigenvalue weighted by Crippen LogP contribution is 2.45. The quantitative estimate of drug-likeness (QED) is 0.252. The number of nitrogens with one attached hydrogen (secondary N) is 1. The Labute approximate surface area is 224 Å². The molecule has 0 fully saturated rings. The van der Waals surface area contributed by atoms with Gasteiger partial charge in [-0.1, -0.05) is 17.7 Å². The number of rotatable bonds is 5. The summed E-state index contributed by atoms with van der Waals surface area (Å²) >= 11 is 8.34. The zero-order chi connectivity index (χ0) is 25.8. The zero-order valence-electron chi connectivity index (χ0n) is 19.3. The third kappa shape index (κ3) is 4.26. The summed E-state index contributed by atoms with van der Waals surface area (Å²) in [4.78, 5) is 27.9. The highest BCUT2D eigenvalue weighted by atomic mass is 127. The Hall–Kier alpha value is -2.98. The van der Waals surface area contributed by atoms with Gasteiger partial charge in [-0.05, 0) is 85.0 Å². The first kappa shape index (κ1) is 24.7. The first-order valence-corrected chi connectivity index (χ1v) is 12.6. The molecule has 4 aromatic rings. The molecular formula is C27H20ClF2IN2O3. The van der Waals surface area contributed by atoms with Gasteiger partial charge in [0, 0.05) is 30.7 Å². The third-order valence-corrected chi connectivity index (χ3v) is 7.56. The maximum atomic E-state index is 14.5. The molecule has 0 unspecified atom stereocenters. The van der Waals surface area contributed by atoms with E-state index in [9.17, 15) is 18.4 Å². The molecule has 0 atom stereocenters. The minimum absolute atomic E-state index is 0.0581. The summed E-state index contributed by atoms with van der Waals surface area (Å²) in [6, 6.07) is 13.6. The van der Waals surface area contributed by atoms with E-state index in [-0.39, 0.29) is 41.3 Å². The van der Waals surface area contributed by atoms with Crippen LogP contribution in [0.4, 0.5) is 14.5 Å². The molecule has 1 aliphatic heterocycles. The van der Waals surface area contributed by atoms with Crippen molar-refractivity contribution in [3.63, 3.8) is 0 Å². The molecule has 0 spiro atoms. The lowest BCUT2D eigenvalue weighted by Gasteiger charge is -2.21. The first-order valence-electron chi connectivity index (χ1n) is 11.1. The van der Waals surface area contributed by atoms with Crippen LogP contribution in [0.15, 0.2) is 59.0 Å². The van der Waals surface area contributed by atoms with Crippen LogP contribution in [-0.2, 0) is 23.3 Å². The monoisotopic (exact) mass is 620 g/mol. The van der Waals surface area contributed by atoms with Crippen molar-refractivity contribution in [1.82, 2.24) is 5.32 Å².